The van der Waals surface area contributed by atoms with Crippen LogP contribution in [0.5, 0.6) is 0 Å². The molecule has 0 saturated carbocycles. The van der Waals surface area contributed by atoms with Crippen LogP contribution < -0.4 is 5.73 Å². The second kappa shape index (κ2) is 4.62. The largest absolute Gasteiger partial charge is 0.399 e. The van der Waals surface area contributed by atoms with E-state index in [1.165, 1.54) is 16.8 Å². The zero-order chi connectivity index (χ0) is 12.4. The molecule has 0 bridgehead atoms. The quantitative estimate of drug-likeness (QED) is 0.822. The van der Waals surface area contributed by atoms with E-state index in [-0.39, 0.29) is 0 Å². The molecule has 0 amide bonds. The molecule has 3 heteroatoms. The van der Waals surface area contributed by atoms with Crippen molar-refractivity contribution >= 4 is 5.69 Å². The molecule has 0 aliphatic rings. The number of anilines is 1. The lowest BCUT2D eigenvalue weighted by molar-refractivity contribution is 0.587. The van der Waals surface area contributed by atoms with Crippen LogP contribution in [0.25, 0.3) is 11.1 Å². The molecular formula is C14H19N3. The fourth-order valence-electron chi connectivity index (χ4n) is 2.01. The molecule has 0 radical (unpaired) electrons. The monoisotopic (exact) mass is 229 g/mol. The first kappa shape index (κ1) is 11.7. The molecule has 2 aromatic rings. The molecule has 1 heterocycles. The zero-order valence-corrected chi connectivity index (χ0v) is 10.7. The maximum Gasteiger partial charge on any atom is 0.0571 e. The summed E-state index contributed by atoms with van der Waals surface area (Å²) in [5.41, 5.74) is 11.4. The van der Waals surface area contributed by atoms with Crippen LogP contribution >= 0.6 is 0 Å². The number of benzene rings is 1. The number of nitrogen functional groups attached to an aromatic ring is 1. The zero-order valence-electron chi connectivity index (χ0n) is 10.7. The van der Waals surface area contributed by atoms with Gasteiger partial charge in [0.2, 0.25) is 0 Å². The van der Waals surface area contributed by atoms with Crippen LogP contribution in [0.2, 0.25) is 0 Å². The first-order valence-electron chi connectivity index (χ1n) is 6.02. The molecule has 0 unspecified atom stereocenters. The molecule has 2 N–H and O–H groups in total. The average molecular weight is 229 g/mol. The van der Waals surface area contributed by atoms with Gasteiger partial charge >= 0.3 is 0 Å². The predicted octanol–water partition coefficient (Wildman–Crippen LogP) is 3.16. The Kier molecular flexibility index (Phi) is 3.18. The summed E-state index contributed by atoms with van der Waals surface area (Å²) in [7, 11) is 0. The highest BCUT2D eigenvalue weighted by molar-refractivity contribution is 5.68. The van der Waals surface area contributed by atoms with Crippen LogP contribution in [-0.4, -0.2) is 9.78 Å². The van der Waals surface area contributed by atoms with Gasteiger partial charge in [-0.25, -0.2) is 0 Å². The van der Waals surface area contributed by atoms with Crippen molar-refractivity contribution in [3.8, 4) is 11.1 Å². The number of nitrogens with zero attached hydrogens (tertiary/aromatic N) is 2. The third-order valence-electron chi connectivity index (χ3n) is 3.12. The summed E-state index contributed by atoms with van der Waals surface area (Å²) < 4.78 is 2.06. The third kappa shape index (κ3) is 2.18. The molecule has 3 nitrogen and oxygen atoms in total. The minimum absolute atomic E-state index is 0.840. The number of rotatable bonds is 3. The van der Waals surface area contributed by atoms with Crippen LogP contribution in [0.4, 0.5) is 5.69 Å². The lowest BCUT2D eigenvalue weighted by atomic mass is 10.0. The lowest BCUT2D eigenvalue weighted by Crippen LogP contribution is -2.01. The summed E-state index contributed by atoms with van der Waals surface area (Å²) in [5.74, 6) is 0. The summed E-state index contributed by atoms with van der Waals surface area (Å²) in [6.45, 7) is 7.28. The molecule has 1 aromatic carbocycles. The highest BCUT2D eigenvalue weighted by Gasteiger charge is 2.08. The Morgan fingerprint density at radius 2 is 2.06 bits per heavy atom. The summed E-state index contributed by atoms with van der Waals surface area (Å²) in [4.78, 5) is 0. The summed E-state index contributed by atoms with van der Waals surface area (Å²) in [5, 5.41) is 4.42. The van der Waals surface area contributed by atoms with Crippen LogP contribution in [0.15, 0.2) is 24.4 Å². The number of nitrogens with two attached hydrogens (primary N) is 1. The van der Waals surface area contributed by atoms with Gasteiger partial charge in [-0.05, 0) is 43.5 Å². The summed E-state index contributed by atoms with van der Waals surface area (Å²) in [6, 6.07) is 6.14. The van der Waals surface area contributed by atoms with E-state index in [1.54, 1.807) is 0 Å². The molecule has 0 saturated heterocycles. The van der Waals surface area contributed by atoms with E-state index in [2.05, 4.69) is 35.8 Å². The van der Waals surface area contributed by atoms with Crippen molar-refractivity contribution in [3.63, 3.8) is 0 Å². The second-order valence-corrected chi connectivity index (χ2v) is 4.44. The van der Waals surface area contributed by atoms with Gasteiger partial charge in [0, 0.05) is 23.5 Å². The van der Waals surface area contributed by atoms with E-state index in [0.29, 0.717) is 0 Å². The minimum atomic E-state index is 0.840. The summed E-state index contributed by atoms with van der Waals surface area (Å²) in [6.07, 6.45) is 3.04. The van der Waals surface area contributed by atoms with Gasteiger partial charge in [0.25, 0.3) is 0 Å². The Balaban J connectivity index is 2.42. The van der Waals surface area contributed by atoms with E-state index < -0.39 is 0 Å². The molecule has 0 aliphatic heterocycles. The first-order valence-corrected chi connectivity index (χ1v) is 6.02. The van der Waals surface area contributed by atoms with E-state index in [0.717, 1.165) is 24.2 Å². The van der Waals surface area contributed by atoms with E-state index in [4.69, 9.17) is 5.73 Å². The Hall–Kier alpha value is -1.77. The first-order chi connectivity index (χ1) is 8.13. The third-order valence-corrected chi connectivity index (χ3v) is 3.12. The topological polar surface area (TPSA) is 43.8 Å². The number of hydrogen-bond donors (Lipinski definition) is 1. The molecular weight excluding hydrogens is 210 g/mol. The van der Waals surface area contributed by atoms with Crippen molar-refractivity contribution in [1.82, 2.24) is 9.78 Å². The molecule has 0 aliphatic carbocycles. The van der Waals surface area contributed by atoms with Gasteiger partial charge in [-0.2, -0.15) is 5.10 Å². The van der Waals surface area contributed by atoms with E-state index in [9.17, 15) is 0 Å². The SMILES string of the molecule is CCCn1ncc(-c2ccc(N)c(C)c2)c1C. The fourth-order valence-corrected chi connectivity index (χ4v) is 2.01. The molecule has 17 heavy (non-hydrogen) atoms. The Morgan fingerprint density at radius 1 is 1.29 bits per heavy atom. The molecule has 0 fully saturated rings. The molecule has 0 atom stereocenters. The lowest BCUT2D eigenvalue weighted by Gasteiger charge is -2.06. The summed E-state index contributed by atoms with van der Waals surface area (Å²) >= 11 is 0. The van der Waals surface area contributed by atoms with Crippen LogP contribution in [-0.2, 0) is 6.54 Å². The number of aryl methyl sites for hydroxylation is 2. The van der Waals surface area contributed by atoms with Crippen molar-refractivity contribution in [1.29, 1.82) is 0 Å². The van der Waals surface area contributed by atoms with E-state index >= 15 is 0 Å². The van der Waals surface area contributed by atoms with Gasteiger partial charge in [-0.15, -0.1) is 0 Å². The Morgan fingerprint density at radius 3 is 2.71 bits per heavy atom. The maximum atomic E-state index is 5.84. The molecule has 2 rings (SSSR count). The standard InChI is InChI=1S/C14H19N3/c1-4-7-17-11(3)13(9-16-17)12-5-6-14(15)10(2)8-12/h5-6,8-9H,4,7,15H2,1-3H3. The van der Waals surface area contributed by atoms with Crippen LogP contribution in [0.1, 0.15) is 24.6 Å². The van der Waals surface area contributed by atoms with Crippen molar-refractivity contribution in [2.45, 2.75) is 33.7 Å². The van der Waals surface area contributed by atoms with Crippen molar-refractivity contribution in [2.75, 3.05) is 5.73 Å². The predicted molar refractivity (Wildman–Crippen MR) is 71.8 cm³/mol. The Bertz CT molecular complexity index is 526. The van der Waals surface area contributed by atoms with Gasteiger partial charge in [-0.1, -0.05) is 13.0 Å². The van der Waals surface area contributed by atoms with Crippen molar-refractivity contribution in [3.05, 3.63) is 35.7 Å². The molecule has 90 valence electrons. The van der Waals surface area contributed by atoms with Crippen LogP contribution in [0, 0.1) is 13.8 Å². The normalized spacial score (nSPS) is 10.8. The minimum Gasteiger partial charge on any atom is -0.399 e. The smallest absolute Gasteiger partial charge is 0.0571 e. The second-order valence-electron chi connectivity index (χ2n) is 4.44. The van der Waals surface area contributed by atoms with Crippen molar-refractivity contribution < 1.29 is 0 Å². The van der Waals surface area contributed by atoms with Gasteiger partial charge in [0.1, 0.15) is 0 Å². The Labute approximate surface area is 102 Å². The fraction of sp³-hybridized carbons (Fsp3) is 0.357. The van der Waals surface area contributed by atoms with Gasteiger partial charge < -0.3 is 5.73 Å². The van der Waals surface area contributed by atoms with Gasteiger partial charge in [0.05, 0.1) is 6.20 Å². The van der Waals surface area contributed by atoms with Gasteiger partial charge in [0.15, 0.2) is 0 Å². The highest BCUT2D eigenvalue weighted by atomic mass is 15.3. The maximum absolute atomic E-state index is 5.84. The highest BCUT2D eigenvalue weighted by Crippen LogP contribution is 2.26. The van der Waals surface area contributed by atoms with E-state index in [1.807, 2.05) is 19.2 Å². The molecule has 0 spiro atoms. The number of aromatic nitrogens is 2. The van der Waals surface area contributed by atoms with Crippen LogP contribution in [0.3, 0.4) is 0 Å². The average Bonchev–Trinajstić information content (AvgIpc) is 2.66. The number of hydrogen-bond acceptors (Lipinski definition) is 2. The van der Waals surface area contributed by atoms with Gasteiger partial charge in [-0.3, -0.25) is 4.68 Å². The van der Waals surface area contributed by atoms with Crippen molar-refractivity contribution in [2.24, 2.45) is 0 Å². The molecule has 1 aromatic heterocycles.